The first kappa shape index (κ1) is 9.14. The molecule has 0 radical (unpaired) electrons. The molecule has 1 aromatic carbocycles. The van der Waals surface area contributed by atoms with Gasteiger partial charge in [0.2, 0.25) is 0 Å². The summed E-state index contributed by atoms with van der Waals surface area (Å²) in [4.78, 5) is 0. The van der Waals surface area contributed by atoms with E-state index in [1.54, 1.807) is 18.2 Å². The third-order valence-electron chi connectivity index (χ3n) is 1.43. The number of aromatic hydroxyl groups is 1. The fourth-order valence-corrected chi connectivity index (χ4v) is 1.13. The second kappa shape index (κ2) is 3.63. The Bertz CT molecular complexity index is 312. The van der Waals surface area contributed by atoms with E-state index in [0.717, 1.165) is 11.1 Å². The van der Waals surface area contributed by atoms with Gasteiger partial charge in [-0.3, -0.25) is 0 Å². The van der Waals surface area contributed by atoms with Crippen LogP contribution in [0.1, 0.15) is 19.4 Å². The van der Waals surface area contributed by atoms with Crippen molar-refractivity contribution in [1.82, 2.24) is 0 Å². The van der Waals surface area contributed by atoms with Crippen molar-refractivity contribution in [2.45, 2.75) is 13.8 Å². The van der Waals surface area contributed by atoms with Gasteiger partial charge in [0.25, 0.3) is 0 Å². The van der Waals surface area contributed by atoms with Gasteiger partial charge in [-0.1, -0.05) is 23.3 Å². The third-order valence-corrected chi connectivity index (χ3v) is 1.67. The molecular formula is C10H11ClO. The van der Waals surface area contributed by atoms with E-state index in [-0.39, 0.29) is 5.75 Å². The van der Waals surface area contributed by atoms with Crippen LogP contribution in [0.3, 0.4) is 0 Å². The molecule has 0 amide bonds. The van der Waals surface area contributed by atoms with E-state index in [2.05, 4.69) is 0 Å². The molecule has 2 heteroatoms. The summed E-state index contributed by atoms with van der Waals surface area (Å²) in [6, 6.07) is 5.00. The predicted octanol–water partition coefficient (Wildman–Crippen LogP) is 3.47. The second-order valence-corrected chi connectivity index (χ2v) is 3.36. The average molecular weight is 183 g/mol. The first-order valence-corrected chi connectivity index (χ1v) is 4.11. The van der Waals surface area contributed by atoms with E-state index in [9.17, 15) is 5.11 Å². The maximum Gasteiger partial charge on any atom is 0.122 e. The quantitative estimate of drug-likeness (QED) is 0.705. The van der Waals surface area contributed by atoms with E-state index in [1.807, 2.05) is 19.9 Å². The standard InChI is InChI=1S/C10H11ClO/c1-7(2)5-8-6-9(11)3-4-10(8)12/h3-6,12H,1-2H3. The van der Waals surface area contributed by atoms with Crippen LogP contribution in [0.4, 0.5) is 0 Å². The molecule has 0 saturated heterocycles. The zero-order valence-corrected chi connectivity index (χ0v) is 7.89. The Balaban J connectivity index is 3.14. The summed E-state index contributed by atoms with van der Waals surface area (Å²) >= 11 is 5.76. The molecule has 0 aromatic heterocycles. The number of hydrogen-bond donors (Lipinski definition) is 1. The number of benzene rings is 1. The molecule has 1 aromatic rings. The fraction of sp³-hybridized carbons (Fsp3) is 0.200. The van der Waals surface area contributed by atoms with E-state index >= 15 is 0 Å². The van der Waals surface area contributed by atoms with Crippen LogP contribution >= 0.6 is 11.6 Å². The van der Waals surface area contributed by atoms with Gasteiger partial charge < -0.3 is 5.11 Å². The van der Waals surface area contributed by atoms with E-state index < -0.39 is 0 Å². The average Bonchev–Trinajstić information content (AvgIpc) is 1.96. The maximum absolute atomic E-state index is 9.38. The molecule has 0 atom stereocenters. The zero-order chi connectivity index (χ0) is 9.14. The van der Waals surface area contributed by atoms with Crippen molar-refractivity contribution in [3.63, 3.8) is 0 Å². The molecule has 0 heterocycles. The summed E-state index contributed by atoms with van der Waals surface area (Å²) in [5.41, 5.74) is 1.90. The highest BCUT2D eigenvalue weighted by atomic mass is 35.5. The summed E-state index contributed by atoms with van der Waals surface area (Å²) in [5, 5.41) is 10.0. The molecule has 0 saturated carbocycles. The van der Waals surface area contributed by atoms with Gasteiger partial charge in [-0.2, -0.15) is 0 Å². The molecular weight excluding hydrogens is 172 g/mol. The molecule has 64 valence electrons. The lowest BCUT2D eigenvalue weighted by atomic mass is 10.1. The predicted molar refractivity (Wildman–Crippen MR) is 52.4 cm³/mol. The van der Waals surface area contributed by atoms with Gasteiger partial charge in [-0.25, -0.2) is 0 Å². The number of rotatable bonds is 1. The van der Waals surface area contributed by atoms with Crippen molar-refractivity contribution in [3.05, 3.63) is 34.4 Å². The van der Waals surface area contributed by atoms with Gasteiger partial charge in [0, 0.05) is 10.6 Å². The van der Waals surface area contributed by atoms with Gasteiger partial charge in [-0.15, -0.1) is 0 Å². The first-order chi connectivity index (χ1) is 5.59. The lowest BCUT2D eigenvalue weighted by molar-refractivity contribution is 0.474. The highest BCUT2D eigenvalue weighted by Gasteiger charge is 1.97. The van der Waals surface area contributed by atoms with Crippen molar-refractivity contribution in [2.75, 3.05) is 0 Å². The van der Waals surface area contributed by atoms with Crippen molar-refractivity contribution < 1.29 is 5.11 Å². The molecule has 0 aliphatic rings. The molecule has 1 nitrogen and oxygen atoms in total. The molecule has 1 rings (SSSR count). The normalized spacial score (nSPS) is 9.58. The zero-order valence-electron chi connectivity index (χ0n) is 7.13. The fourth-order valence-electron chi connectivity index (χ4n) is 0.952. The monoisotopic (exact) mass is 182 g/mol. The van der Waals surface area contributed by atoms with Crippen molar-refractivity contribution in [2.24, 2.45) is 0 Å². The summed E-state index contributed by atoms with van der Waals surface area (Å²) in [5.74, 6) is 0.264. The topological polar surface area (TPSA) is 20.2 Å². The van der Waals surface area contributed by atoms with E-state index in [1.165, 1.54) is 0 Å². The first-order valence-electron chi connectivity index (χ1n) is 3.73. The lowest BCUT2D eigenvalue weighted by Crippen LogP contribution is -1.75. The van der Waals surface area contributed by atoms with Crippen LogP contribution in [-0.2, 0) is 0 Å². The Morgan fingerprint density at radius 2 is 2.08 bits per heavy atom. The van der Waals surface area contributed by atoms with Crippen molar-refractivity contribution in [3.8, 4) is 5.75 Å². The van der Waals surface area contributed by atoms with Crippen LogP contribution in [-0.4, -0.2) is 5.11 Å². The van der Waals surface area contributed by atoms with Crippen molar-refractivity contribution in [1.29, 1.82) is 0 Å². The lowest BCUT2D eigenvalue weighted by Gasteiger charge is -1.99. The summed E-state index contributed by atoms with van der Waals surface area (Å²) in [7, 11) is 0. The number of hydrogen-bond acceptors (Lipinski definition) is 1. The molecule has 0 fully saturated rings. The van der Waals surface area contributed by atoms with Crippen LogP contribution in [0.15, 0.2) is 23.8 Å². The second-order valence-electron chi connectivity index (χ2n) is 2.92. The van der Waals surface area contributed by atoms with Crippen LogP contribution < -0.4 is 0 Å². The van der Waals surface area contributed by atoms with Gasteiger partial charge in [0.05, 0.1) is 0 Å². The molecule has 1 N–H and O–H groups in total. The number of phenols is 1. The smallest absolute Gasteiger partial charge is 0.122 e. The Hall–Kier alpha value is -0.950. The third kappa shape index (κ3) is 2.28. The molecule has 0 unspecified atom stereocenters. The molecule has 0 spiro atoms. The van der Waals surface area contributed by atoms with E-state index in [0.29, 0.717) is 5.02 Å². The maximum atomic E-state index is 9.38. The number of halogens is 1. The summed E-state index contributed by atoms with van der Waals surface area (Å²) < 4.78 is 0. The highest BCUT2D eigenvalue weighted by Crippen LogP contribution is 2.23. The van der Waals surface area contributed by atoms with Gasteiger partial charge >= 0.3 is 0 Å². The minimum atomic E-state index is 0.264. The van der Waals surface area contributed by atoms with Crippen LogP contribution in [0.2, 0.25) is 5.02 Å². The van der Waals surface area contributed by atoms with Crippen LogP contribution in [0, 0.1) is 0 Å². The van der Waals surface area contributed by atoms with Gasteiger partial charge in [0.1, 0.15) is 5.75 Å². The molecule has 12 heavy (non-hydrogen) atoms. The minimum absolute atomic E-state index is 0.264. The summed E-state index contributed by atoms with van der Waals surface area (Å²) in [6.45, 7) is 3.95. The summed E-state index contributed by atoms with van der Waals surface area (Å²) in [6.07, 6.45) is 1.89. The Morgan fingerprint density at radius 3 is 2.67 bits per heavy atom. The number of allylic oxidation sites excluding steroid dienone is 1. The van der Waals surface area contributed by atoms with Crippen LogP contribution in [0.5, 0.6) is 5.75 Å². The van der Waals surface area contributed by atoms with Crippen molar-refractivity contribution >= 4 is 17.7 Å². The molecule has 0 aliphatic heterocycles. The molecule has 0 aliphatic carbocycles. The Kier molecular flexibility index (Phi) is 2.77. The largest absolute Gasteiger partial charge is 0.507 e. The SMILES string of the molecule is CC(C)=Cc1cc(Cl)ccc1O. The van der Waals surface area contributed by atoms with Crippen LogP contribution in [0.25, 0.3) is 6.08 Å². The minimum Gasteiger partial charge on any atom is -0.507 e. The van der Waals surface area contributed by atoms with E-state index in [4.69, 9.17) is 11.6 Å². The Morgan fingerprint density at radius 1 is 1.42 bits per heavy atom. The van der Waals surface area contributed by atoms with Gasteiger partial charge in [0.15, 0.2) is 0 Å². The number of phenolic OH excluding ortho intramolecular Hbond substituents is 1. The Labute approximate surface area is 77.3 Å². The molecule has 0 bridgehead atoms. The highest BCUT2D eigenvalue weighted by molar-refractivity contribution is 6.30. The van der Waals surface area contributed by atoms with Gasteiger partial charge in [-0.05, 0) is 32.0 Å².